The molecule has 0 bridgehead atoms. The predicted octanol–water partition coefficient (Wildman–Crippen LogP) is 1.58. The topological polar surface area (TPSA) is 69.6 Å². The first-order valence-corrected chi connectivity index (χ1v) is 9.01. The van der Waals surface area contributed by atoms with E-state index in [1.54, 1.807) is 19.1 Å². The number of aliphatic hydroxyl groups excluding tert-OH is 1. The van der Waals surface area contributed by atoms with Crippen molar-refractivity contribution in [1.82, 2.24) is 4.72 Å². The molecule has 0 saturated carbocycles. The highest BCUT2D eigenvalue weighted by atomic mass is 32.2. The molecule has 1 fully saturated rings. The van der Waals surface area contributed by atoms with Crippen molar-refractivity contribution >= 4 is 15.7 Å². The van der Waals surface area contributed by atoms with Crippen molar-refractivity contribution in [2.45, 2.75) is 31.1 Å². The highest BCUT2D eigenvalue weighted by molar-refractivity contribution is 7.89. The third kappa shape index (κ3) is 3.96. The van der Waals surface area contributed by atoms with Gasteiger partial charge in [0.1, 0.15) is 4.90 Å². The summed E-state index contributed by atoms with van der Waals surface area (Å²) in [5.41, 5.74) is 0.765. The maximum absolute atomic E-state index is 12.3. The van der Waals surface area contributed by atoms with Gasteiger partial charge in [0.05, 0.1) is 5.69 Å². The number of nitrogens with one attached hydrogen (secondary N) is 1. The van der Waals surface area contributed by atoms with Crippen LogP contribution in [0, 0.1) is 5.92 Å². The molecule has 1 aliphatic rings. The Balaban J connectivity index is 2.27. The molecule has 1 unspecified atom stereocenters. The molecule has 0 radical (unpaired) electrons. The van der Waals surface area contributed by atoms with Gasteiger partial charge < -0.3 is 10.0 Å². The second-order valence-corrected chi connectivity index (χ2v) is 7.17. The van der Waals surface area contributed by atoms with Gasteiger partial charge in [-0.3, -0.25) is 0 Å². The molecule has 5 nitrogen and oxygen atoms in total. The molecule has 1 aromatic rings. The standard InChI is InChI=1S/C15H24N2O3S/c1-2-16-21(19,20)15-8-4-3-7-14(15)17-10-5-6-13(12-17)9-11-18/h3-4,7-8,13,16,18H,2,5-6,9-12H2,1H3. The SMILES string of the molecule is CCNS(=O)(=O)c1ccccc1N1CCCC(CCO)C1. The summed E-state index contributed by atoms with van der Waals surface area (Å²) in [6.45, 7) is 4.01. The van der Waals surface area contributed by atoms with E-state index < -0.39 is 10.0 Å². The molecule has 6 heteroatoms. The van der Waals surface area contributed by atoms with Crippen molar-refractivity contribution in [3.63, 3.8) is 0 Å². The lowest BCUT2D eigenvalue weighted by Gasteiger charge is -2.35. The minimum absolute atomic E-state index is 0.190. The maximum Gasteiger partial charge on any atom is 0.242 e. The van der Waals surface area contributed by atoms with E-state index >= 15 is 0 Å². The predicted molar refractivity (Wildman–Crippen MR) is 83.9 cm³/mol. The van der Waals surface area contributed by atoms with Crippen molar-refractivity contribution in [1.29, 1.82) is 0 Å². The third-order valence-electron chi connectivity index (χ3n) is 3.89. The third-order valence-corrected chi connectivity index (χ3v) is 5.48. The minimum Gasteiger partial charge on any atom is -0.396 e. The Morgan fingerprint density at radius 1 is 1.38 bits per heavy atom. The van der Waals surface area contributed by atoms with Crippen LogP contribution in [0.1, 0.15) is 26.2 Å². The van der Waals surface area contributed by atoms with Crippen molar-refractivity contribution < 1.29 is 13.5 Å². The van der Waals surface area contributed by atoms with Gasteiger partial charge >= 0.3 is 0 Å². The smallest absolute Gasteiger partial charge is 0.242 e. The number of piperidine rings is 1. The zero-order valence-electron chi connectivity index (χ0n) is 12.5. The van der Waals surface area contributed by atoms with E-state index in [1.807, 2.05) is 12.1 Å². The first-order chi connectivity index (χ1) is 10.1. The van der Waals surface area contributed by atoms with Crippen molar-refractivity contribution in [3.8, 4) is 0 Å². The molecular weight excluding hydrogens is 288 g/mol. The number of aliphatic hydroxyl groups is 1. The molecule has 0 aromatic heterocycles. The molecule has 0 aliphatic carbocycles. The van der Waals surface area contributed by atoms with Crippen LogP contribution in [-0.4, -0.2) is 39.8 Å². The Kier molecular flexibility index (Phi) is 5.61. The molecule has 1 atom stereocenters. The minimum atomic E-state index is -3.46. The molecule has 1 aliphatic heterocycles. The van der Waals surface area contributed by atoms with E-state index in [1.165, 1.54) is 0 Å². The number of nitrogens with zero attached hydrogens (tertiary/aromatic N) is 1. The van der Waals surface area contributed by atoms with Gasteiger partial charge in [-0.15, -0.1) is 0 Å². The fourth-order valence-corrected chi connectivity index (χ4v) is 4.18. The molecular formula is C15H24N2O3S. The summed E-state index contributed by atoms with van der Waals surface area (Å²) in [6.07, 6.45) is 2.90. The monoisotopic (exact) mass is 312 g/mol. The van der Waals surface area contributed by atoms with Gasteiger partial charge in [0, 0.05) is 26.2 Å². The van der Waals surface area contributed by atoms with Crippen LogP contribution in [0.2, 0.25) is 0 Å². The van der Waals surface area contributed by atoms with Gasteiger partial charge in [-0.25, -0.2) is 13.1 Å². The van der Waals surface area contributed by atoms with Crippen molar-refractivity contribution in [2.75, 3.05) is 31.1 Å². The molecule has 2 rings (SSSR count). The van der Waals surface area contributed by atoms with Gasteiger partial charge in [-0.2, -0.15) is 0 Å². The molecule has 1 saturated heterocycles. The molecule has 2 N–H and O–H groups in total. The van der Waals surface area contributed by atoms with Crippen LogP contribution in [0.25, 0.3) is 0 Å². The van der Waals surface area contributed by atoms with Crippen LogP contribution in [0.4, 0.5) is 5.69 Å². The Morgan fingerprint density at radius 3 is 2.86 bits per heavy atom. The largest absolute Gasteiger partial charge is 0.396 e. The summed E-state index contributed by atoms with van der Waals surface area (Å²) < 4.78 is 27.2. The van der Waals surface area contributed by atoms with Crippen LogP contribution < -0.4 is 9.62 Å². The van der Waals surface area contributed by atoms with E-state index in [2.05, 4.69) is 9.62 Å². The molecule has 0 spiro atoms. The van der Waals surface area contributed by atoms with Crippen molar-refractivity contribution in [3.05, 3.63) is 24.3 Å². The molecule has 118 valence electrons. The summed E-state index contributed by atoms with van der Waals surface area (Å²) in [5, 5.41) is 9.10. The molecule has 21 heavy (non-hydrogen) atoms. The second-order valence-electron chi connectivity index (χ2n) is 5.44. The summed E-state index contributed by atoms with van der Waals surface area (Å²) in [6, 6.07) is 7.15. The quantitative estimate of drug-likeness (QED) is 0.837. The lowest BCUT2D eigenvalue weighted by Crippen LogP contribution is -2.37. The van der Waals surface area contributed by atoms with Crippen LogP contribution in [0.15, 0.2) is 29.2 Å². The average Bonchev–Trinajstić information content (AvgIpc) is 2.48. The second kappa shape index (κ2) is 7.24. The number of hydrogen-bond acceptors (Lipinski definition) is 4. The Morgan fingerprint density at radius 2 is 2.14 bits per heavy atom. The molecule has 1 heterocycles. The van der Waals surface area contributed by atoms with Crippen LogP contribution in [0.3, 0.4) is 0 Å². The Bertz CT molecular complexity index is 558. The van der Waals surface area contributed by atoms with Crippen molar-refractivity contribution in [2.24, 2.45) is 5.92 Å². The Labute approximate surface area is 127 Å². The summed E-state index contributed by atoms with van der Waals surface area (Å²) in [4.78, 5) is 2.48. The highest BCUT2D eigenvalue weighted by Gasteiger charge is 2.25. The van der Waals surface area contributed by atoms with Gasteiger partial charge in [0.2, 0.25) is 10.0 Å². The average molecular weight is 312 g/mol. The first kappa shape index (κ1) is 16.3. The lowest BCUT2D eigenvalue weighted by molar-refractivity contribution is 0.244. The van der Waals surface area contributed by atoms with Gasteiger partial charge in [-0.05, 0) is 37.3 Å². The molecule has 0 amide bonds. The number of benzene rings is 1. The lowest BCUT2D eigenvalue weighted by atomic mass is 9.95. The van der Waals surface area contributed by atoms with Gasteiger partial charge in [0.25, 0.3) is 0 Å². The van der Waals surface area contributed by atoms with E-state index in [0.717, 1.165) is 38.0 Å². The van der Waals surface area contributed by atoms with Crippen LogP contribution in [0.5, 0.6) is 0 Å². The Hall–Kier alpha value is -1.11. The van der Waals surface area contributed by atoms with Crippen LogP contribution in [-0.2, 0) is 10.0 Å². The number of para-hydroxylation sites is 1. The van der Waals surface area contributed by atoms with E-state index in [9.17, 15) is 8.42 Å². The summed E-state index contributed by atoms with van der Waals surface area (Å²) >= 11 is 0. The van der Waals surface area contributed by atoms with Gasteiger partial charge in [-0.1, -0.05) is 19.1 Å². The van der Waals surface area contributed by atoms with Crippen LogP contribution >= 0.6 is 0 Å². The first-order valence-electron chi connectivity index (χ1n) is 7.53. The number of hydrogen-bond donors (Lipinski definition) is 2. The number of sulfonamides is 1. The zero-order chi connectivity index (χ0) is 15.3. The fraction of sp³-hybridized carbons (Fsp3) is 0.600. The highest BCUT2D eigenvalue weighted by Crippen LogP contribution is 2.30. The fourth-order valence-electron chi connectivity index (χ4n) is 2.92. The maximum atomic E-state index is 12.3. The number of anilines is 1. The summed E-state index contributed by atoms with van der Waals surface area (Å²) in [5.74, 6) is 0.429. The van der Waals surface area contributed by atoms with E-state index in [0.29, 0.717) is 17.4 Å². The normalized spacial score (nSPS) is 19.7. The van der Waals surface area contributed by atoms with Gasteiger partial charge in [0.15, 0.2) is 0 Å². The molecule has 1 aromatic carbocycles. The number of rotatable bonds is 6. The zero-order valence-corrected chi connectivity index (χ0v) is 13.3. The summed E-state index contributed by atoms with van der Waals surface area (Å²) in [7, 11) is -3.46. The van der Waals surface area contributed by atoms with E-state index in [4.69, 9.17) is 5.11 Å². The van der Waals surface area contributed by atoms with E-state index in [-0.39, 0.29) is 6.61 Å².